The first kappa shape index (κ1) is 8.54. The molecular weight excluding hydrogens is 182 g/mol. The lowest BCUT2D eigenvalue weighted by atomic mass is 10.4. The van der Waals surface area contributed by atoms with Gasteiger partial charge in [0.05, 0.1) is 4.88 Å². The van der Waals surface area contributed by atoms with E-state index in [9.17, 15) is 14.4 Å². The minimum absolute atomic E-state index is 0.0439. The van der Waals surface area contributed by atoms with Crippen molar-refractivity contribution < 1.29 is 19.5 Å². The first-order valence-corrected chi connectivity index (χ1v) is 3.65. The van der Waals surface area contributed by atoms with Crippen molar-refractivity contribution in [3.63, 3.8) is 0 Å². The summed E-state index contributed by atoms with van der Waals surface area (Å²) in [6.07, 6.45) is 0.764. The van der Waals surface area contributed by atoms with Gasteiger partial charge in [0, 0.05) is 0 Å². The average molecular weight is 185 g/mol. The van der Waals surface area contributed by atoms with E-state index in [-0.39, 0.29) is 15.6 Å². The first-order chi connectivity index (χ1) is 5.69. The van der Waals surface area contributed by atoms with Gasteiger partial charge >= 0.3 is 5.97 Å². The molecule has 12 heavy (non-hydrogen) atoms. The summed E-state index contributed by atoms with van der Waals surface area (Å²) < 4.78 is 0. The number of carboxylic acids is 1. The van der Waals surface area contributed by atoms with E-state index < -0.39 is 5.97 Å². The van der Waals surface area contributed by atoms with Crippen LogP contribution in [0.25, 0.3) is 0 Å². The van der Waals surface area contributed by atoms with Gasteiger partial charge in [-0.25, -0.2) is 9.78 Å². The topological polar surface area (TPSA) is 84.3 Å². The molecule has 0 aliphatic carbocycles. The number of hydrogen-bond donors (Lipinski definition) is 1. The van der Waals surface area contributed by atoms with E-state index in [0.717, 1.165) is 0 Å². The highest BCUT2D eigenvalue weighted by molar-refractivity contribution is 7.15. The molecule has 0 unspecified atom stereocenters. The van der Waals surface area contributed by atoms with Crippen LogP contribution in [0.5, 0.6) is 0 Å². The zero-order valence-electron chi connectivity index (χ0n) is 5.68. The summed E-state index contributed by atoms with van der Waals surface area (Å²) in [5, 5.41) is 8.18. The van der Waals surface area contributed by atoms with Crippen LogP contribution in [-0.4, -0.2) is 28.6 Å². The molecule has 0 spiro atoms. The van der Waals surface area contributed by atoms with Gasteiger partial charge in [-0.05, 0) is 0 Å². The highest BCUT2D eigenvalue weighted by Gasteiger charge is 2.14. The zero-order chi connectivity index (χ0) is 9.14. The molecule has 5 nitrogen and oxygen atoms in total. The van der Waals surface area contributed by atoms with Crippen molar-refractivity contribution in [2.75, 3.05) is 0 Å². The zero-order valence-corrected chi connectivity index (χ0v) is 6.50. The lowest BCUT2D eigenvalue weighted by molar-refractivity contribution is 0.0696. The predicted molar refractivity (Wildman–Crippen MR) is 39.8 cm³/mol. The van der Waals surface area contributed by atoms with Crippen LogP contribution >= 0.6 is 11.3 Å². The number of aromatic carboxylic acids is 1. The fourth-order valence-electron chi connectivity index (χ4n) is 0.604. The molecule has 1 rings (SSSR count). The molecule has 0 saturated carbocycles. The summed E-state index contributed by atoms with van der Waals surface area (Å²) >= 11 is 0.682. The Balaban J connectivity index is 3.22. The minimum Gasteiger partial charge on any atom is -0.476 e. The molecule has 1 heterocycles. The highest BCUT2D eigenvalue weighted by atomic mass is 32.1. The molecular formula is C6H3NO4S. The van der Waals surface area contributed by atoms with Crippen molar-refractivity contribution in [2.45, 2.75) is 0 Å². The Hall–Kier alpha value is -1.56. The molecule has 1 N–H and O–H groups in total. The van der Waals surface area contributed by atoms with E-state index in [0.29, 0.717) is 23.9 Å². The average Bonchev–Trinajstić information content (AvgIpc) is 2.46. The molecule has 0 atom stereocenters. The molecule has 0 fully saturated rings. The second-order valence-electron chi connectivity index (χ2n) is 1.81. The lowest BCUT2D eigenvalue weighted by Crippen LogP contribution is -1.94. The standard InChI is InChI=1S/C6H3NO4S/c8-1-3-4(2-9)12-5(7-3)6(10)11/h1-2H,(H,10,11). The fourth-order valence-corrected chi connectivity index (χ4v) is 1.29. The second-order valence-corrected chi connectivity index (χ2v) is 2.84. The molecule has 0 aliphatic rings. The Morgan fingerprint density at radius 3 is 2.42 bits per heavy atom. The van der Waals surface area contributed by atoms with Gasteiger partial charge in [-0.3, -0.25) is 9.59 Å². The smallest absolute Gasteiger partial charge is 0.365 e. The monoisotopic (exact) mass is 185 g/mol. The molecule has 1 aromatic rings. The number of aldehydes is 2. The van der Waals surface area contributed by atoms with E-state index >= 15 is 0 Å². The maximum absolute atomic E-state index is 10.3. The van der Waals surface area contributed by atoms with Crippen molar-refractivity contribution in [2.24, 2.45) is 0 Å². The van der Waals surface area contributed by atoms with Crippen molar-refractivity contribution in [1.82, 2.24) is 4.98 Å². The van der Waals surface area contributed by atoms with Gasteiger partial charge in [0.15, 0.2) is 12.6 Å². The number of rotatable bonds is 3. The van der Waals surface area contributed by atoms with Crippen LogP contribution in [0.4, 0.5) is 0 Å². The van der Waals surface area contributed by atoms with Gasteiger partial charge in [0.1, 0.15) is 5.69 Å². The van der Waals surface area contributed by atoms with Gasteiger partial charge in [0.2, 0.25) is 5.01 Å². The van der Waals surface area contributed by atoms with Crippen LogP contribution in [0, 0.1) is 0 Å². The maximum Gasteiger partial charge on any atom is 0.365 e. The van der Waals surface area contributed by atoms with Crippen LogP contribution < -0.4 is 0 Å². The van der Waals surface area contributed by atoms with Crippen molar-refractivity contribution >= 4 is 29.9 Å². The third kappa shape index (κ3) is 1.37. The lowest BCUT2D eigenvalue weighted by Gasteiger charge is -1.78. The summed E-state index contributed by atoms with van der Waals surface area (Å²) in [4.78, 5) is 34.2. The fraction of sp³-hybridized carbons (Fsp3) is 0. The largest absolute Gasteiger partial charge is 0.476 e. The third-order valence-electron chi connectivity index (χ3n) is 1.08. The van der Waals surface area contributed by atoms with Crippen molar-refractivity contribution in [3.05, 3.63) is 15.6 Å². The molecule has 62 valence electrons. The van der Waals surface area contributed by atoms with E-state index in [1.165, 1.54) is 0 Å². The summed E-state index contributed by atoms with van der Waals surface area (Å²) in [7, 11) is 0. The number of carbonyl (C=O) groups excluding carboxylic acids is 2. The highest BCUT2D eigenvalue weighted by Crippen LogP contribution is 2.14. The molecule has 0 aromatic carbocycles. The number of carboxylic acid groups (broad SMARTS) is 1. The Labute approximate surface area is 70.7 Å². The van der Waals surface area contributed by atoms with Gasteiger partial charge in [-0.1, -0.05) is 0 Å². The third-order valence-corrected chi connectivity index (χ3v) is 2.07. The molecule has 6 heteroatoms. The molecule has 1 aromatic heterocycles. The molecule has 0 bridgehead atoms. The van der Waals surface area contributed by atoms with E-state index in [1.54, 1.807) is 0 Å². The van der Waals surface area contributed by atoms with Crippen molar-refractivity contribution in [1.29, 1.82) is 0 Å². The van der Waals surface area contributed by atoms with E-state index in [2.05, 4.69) is 4.98 Å². The molecule has 0 radical (unpaired) electrons. The second kappa shape index (κ2) is 3.22. The first-order valence-electron chi connectivity index (χ1n) is 2.83. The van der Waals surface area contributed by atoms with Crippen LogP contribution in [-0.2, 0) is 0 Å². The van der Waals surface area contributed by atoms with Crippen LogP contribution in [0.1, 0.15) is 30.0 Å². The number of thiazole rings is 1. The summed E-state index contributed by atoms with van der Waals surface area (Å²) in [5.74, 6) is -1.24. The summed E-state index contributed by atoms with van der Waals surface area (Å²) in [6, 6.07) is 0. The quantitative estimate of drug-likeness (QED) is 0.691. The number of nitrogens with zero attached hydrogens (tertiary/aromatic N) is 1. The van der Waals surface area contributed by atoms with Gasteiger partial charge < -0.3 is 5.11 Å². The Morgan fingerprint density at radius 1 is 1.42 bits per heavy atom. The number of aromatic nitrogens is 1. The van der Waals surface area contributed by atoms with Gasteiger partial charge in [-0.2, -0.15) is 0 Å². The number of carbonyl (C=O) groups is 3. The molecule has 0 saturated heterocycles. The normalized spacial score (nSPS) is 9.33. The van der Waals surface area contributed by atoms with Crippen LogP contribution in [0.2, 0.25) is 0 Å². The molecule has 0 amide bonds. The maximum atomic E-state index is 10.3. The Bertz CT molecular complexity index is 318. The minimum atomic E-state index is -1.24. The molecule has 0 aliphatic heterocycles. The summed E-state index contributed by atoms with van der Waals surface area (Å²) in [6.45, 7) is 0. The predicted octanol–water partition coefficient (Wildman–Crippen LogP) is 0.466. The van der Waals surface area contributed by atoms with E-state index in [4.69, 9.17) is 5.11 Å². The van der Waals surface area contributed by atoms with Crippen LogP contribution in [0.15, 0.2) is 0 Å². The van der Waals surface area contributed by atoms with E-state index in [1.807, 2.05) is 0 Å². The van der Waals surface area contributed by atoms with Crippen LogP contribution in [0.3, 0.4) is 0 Å². The van der Waals surface area contributed by atoms with Gasteiger partial charge in [-0.15, -0.1) is 11.3 Å². The Kier molecular flexibility index (Phi) is 2.29. The summed E-state index contributed by atoms with van der Waals surface area (Å²) in [5.41, 5.74) is -0.118. The SMILES string of the molecule is O=Cc1nc(C(=O)O)sc1C=O. The van der Waals surface area contributed by atoms with Gasteiger partial charge in [0.25, 0.3) is 0 Å². The van der Waals surface area contributed by atoms with Crippen molar-refractivity contribution in [3.8, 4) is 0 Å². The Morgan fingerprint density at radius 2 is 2.08 bits per heavy atom. The number of hydrogen-bond acceptors (Lipinski definition) is 5.